The van der Waals surface area contributed by atoms with Crippen LogP contribution in [0.3, 0.4) is 0 Å². The average molecular weight is 190 g/mol. The standard InChI is InChI=1S/C8H8F2O3/c1-4(2)7(11)13-8(12)5(3)6(9)10/h1H2,2-3H3. The number of ether oxygens (including phenoxy) is 1. The van der Waals surface area contributed by atoms with Gasteiger partial charge in [-0.05, 0) is 13.8 Å². The van der Waals surface area contributed by atoms with Crippen molar-refractivity contribution >= 4 is 11.9 Å². The molecule has 0 bridgehead atoms. The number of hydrogen-bond donors (Lipinski definition) is 0. The fraction of sp³-hybridized carbons (Fsp3) is 0.250. The van der Waals surface area contributed by atoms with E-state index in [1.807, 2.05) is 0 Å². The Bertz CT molecular complexity index is 288. The van der Waals surface area contributed by atoms with Crippen LogP contribution in [0, 0.1) is 0 Å². The van der Waals surface area contributed by atoms with Gasteiger partial charge in [0.1, 0.15) is 0 Å². The van der Waals surface area contributed by atoms with Crippen molar-refractivity contribution in [2.24, 2.45) is 0 Å². The van der Waals surface area contributed by atoms with E-state index in [4.69, 9.17) is 0 Å². The van der Waals surface area contributed by atoms with E-state index in [1.165, 1.54) is 6.92 Å². The summed E-state index contributed by atoms with van der Waals surface area (Å²) in [7, 11) is 0. The topological polar surface area (TPSA) is 43.4 Å². The Labute approximate surface area is 73.7 Å². The first-order valence-corrected chi connectivity index (χ1v) is 3.30. The normalized spacial score (nSPS) is 8.92. The molecule has 0 aliphatic rings. The molecule has 72 valence electrons. The lowest BCUT2D eigenvalue weighted by Crippen LogP contribution is -2.13. The van der Waals surface area contributed by atoms with Crippen molar-refractivity contribution < 1.29 is 23.1 Å². The van der Waals surface area contributed by atoms with Crippen LogP contribution in [0.1, 0.15) is 13.8 Å². The number of carbonyl (C=O) groups is 2. The van der Waals surface area contributed by atoms with Gasteiger partial charge in [0.05, 0.1) is 5.57 Å². The smallest absolute Gasteiger partial charge is 0.347 e. The van der Waals surface area contributed by atoms with Gasteiger partial charge in [0.2, 0.25) is 0 Å². The van der Waals surface area contributed by atoms with E-state index in [0.29, 0.717) is 0 Å². The quantitative estimate of drug-likeness (QED) is 0.379. The number of halogens is 2. The van der Waals surface area contributed by atoms with Crippen LogP contribution < -0.4 is 0 Å². The molecule has 5 heteroatoms. The molecule has 0 aliphatic heterocycles. The van der Waals surface area contributed by atoms with Gasteiger partial charge in [-0.2, -0.15) is 8.78 Å². The zero-order chi connectivity index (χ0) is 10.6. The molecular weight excluding hydrogens is 182 g/mol. The lowest BCUT2D eigenvalue weighted by atomic mass is 10.3. The Morgan fingerprint density at radius 1 is 1.15 bits per heavy atom. The average Bonchev–Trinajstić information content (AvgIpc) is 2.02. The third-order valence-corrected chi connectivity index (χ3v) is 1.12. The molecule has 0 atom stereocenters. The molecule has 0 aliphatic carbocycles. The Balaban J connectivity index is 4.43. The van der Waals surface area contributed by atoms with Crippen molar-refractivity contribution in [3.05, 3.63) is 23.8 Å². The van der Waals surface area contributed by atoms with E-state index in [1.54, 1.807) is 0 Å². The predicted octanol–water partition coefficient (Wildman–Crippen LogP) is 1.80. The van der Waals surface area contributed by atoms with Crippen LogP contribution in [-0.4, -0.2) is 11.9 Å². The Hall–Kier alpha value is -1.52. The molecule has 0 rings (SSSR count). The lowest BCUT2D eigenvalue weighted by Gasteiger charge is -2.00. The molecule has 13 heavy (non-hydrogen) atoms. The summed E-state index contributed by atoms with van der Waals surface area (Å²) in [6.45, 7) is 5.35. The summed E-state index contributed by atoms with van der Waals surface area (Å²) < 4.78 is 27.6. The van der Waals surface area contributed by atoms with Crippen molar-refractivity contribution in [3.8, 4) is 0 Å². The maximum Gasteiger partial charge on any atom is 0.347 e. The number of hydrogen-bond acceptors (Lipinski definition) is 3. The molecule has 0 amide bonds. The highest BCUT2D eigenvalue weighted by Gasteiger charge is 2.16. The van der Waals surface area contributed by atoms with Crippen molar-refractivity contribution in [2.45, 2.75) is 13.8 Å². The van der Waals surface area contributed by atoms with Gasteiger partial charge in [0.25, 0.3) is 6.08 Å². The molecule has 0 aromatic rings. The Morgan fingerprint density at radius 3 is 1.92 bits per heavy atom. The molecule has 0 N–H and O–H groups in total. The second-order valence-electron chi connectivity index (χ2n) is 2.34. The van der Waals surface area contributed by atoms with Crippen molar-refractivity contribution in [1.82, 2.24) is 0 Å². The monoisotopic (exact) mass is 190 g/mol. The molecule has 0 radical (unpaired) electrons. The second kappa shape index (κ2) is 4.49. The van der Waals surface area contributed by atoms with Crippen LogP contribution in [0.15, 0.2) is 23.8 Å². The molecule has 0 unspecified atom stereocenters. The maximum atomic E-state index is 11.8. The molecular formula is C8H8F2O3. The highest BCUT2D eigenvalue weighted by atomic mass is 19.3. The van der Waals surface area contributed by atoms with Crippen LogP contribution in [0.4, 0.5) is 8.78 Å². The van der Waals surface area contributed by atoms with Gasteiger partial charge in [-0.3, -0.25) is 0 Å². The minimum atomic E-state index is -2.17. The fourth-order valence-corrected chi connectivity index (χ4v) is 0.325. The molecule has 0 fully saturated rings. The van der Waals surface area contributed by atoms with Crippen LogP contribution in [0.2, 0.25) is 0 Å². The summed E-state index contributed by atoms with van der Waals surface area (Å²) in [4.78, 5) is 21.3. The van der Waals surface area contributed by atoms with E-state index >= 15 is 0 Å². The van der Waals surface area contributed by atoms with Crippen LogP contribution >= 0.6 is 0 Å². The zero-order valence-corrected chi connectivity index (χ0v) is 7.19. The third kappa shape index (κ3) is 3.59. The Kier molecular flexibility index (Phi) is 3.97. The van der Waals surface area contributed by atoms with Crippen LogP contribution in [0.5, 0.6) is 0 Å². The lowest BCUT2D eigenvalue weighted by molar-refractivity contribution is -0.154. The van der Waals surface area contributed by atoms with Gasteiger partial charge in [-0.15, -0.1) is 0 Å². The highest BCUT2D eigenvalue weighted by Crippen LogP contribution is 2.09. The van der Waals surface area contributed by atoms with E-state index in [-0.39, 0.29) is 5.57 Å². The van der Waals surface area contributed by atoms with E-state index in [0.717, 1.165) is 6.92 Å². The largest absolute Gasteiger partial charge is 0.386 e. The molecule has 3 nitrogen and oxygen atoms in total. The summed E-state index contributed by atoms with van der Waals surface area (Å²) in [5.74, 6) is -2.36. The highest BCUT2D eigenvalue weighted by molar-refractivity contribution is 6.01. The second-order valence-corrected chi connectivity index (χ2v) is 2.34. The van der Waals surface area contributed by atoms with Gasteiger partial charge < -0.3 is 4.74 Å². The van der Waals surface area contributed by atoms with E-state index < -0.39 is 23.6 Å². The number of esters is 2. The molecule has 0 aromatic heterocycles. The van der Waals surface area contributed by atoms with Gasteiger partial charge in [-0.25, -0.2) is 9.59 Å². The summed E-state index contributed by atoms with van der Waals surface area (Å²) in [6.07, 6.45) is -2.17. The minimum Gasteiger partial charge on any atom is -0.386 e. The maximum absolute atomic E-state index is 11.8. The van der Waals surface area contributed by atoms with Crippen LogP contribution in [-0.2, 0) is 14.3 Å². The third-order valence-electron chi connectivity index (χ3n) is 1.12. The van der Waals surface area contributed by atoms with E-state index in [9.17, 15) is 18.4 Å². The molecule has 0 heterocycles. The molecule has 0 saturated heterocycles. The summed E-state index contributed by atoms with van der Waals surface area (Å²) in [5.41, 5.74) is -0.907. The minimum absolute atomic E-state index is 0.0274. The van der Waals surface area contributed by atoms with Crippen molar-refractivity contribution in [1.29, 1.82) is 0 Å². The first-order chi connectivity index (χ1) is 5.86. The fourth-order valence-electron chi connectivity index (χ4n) is 0.325. The Morgan fingerprint density at radius 2 is 1.62 bits per heavy atom. The molecule has 0 aromatic carbocycles. The van der Waals surface area contributed by atoms with Crippen molar-refractivity contribution in [2.75, 3.05) is 0 Å². The summed E-state index contributed by atoms with van der Waals surface area (Å²) >= 11 is 0. The predicted molar refractivity (Wildman–Crippen MR) is 40.8 cm³/mol. The summed E-state index contributed by atoms with van der Waals surface area (Å²) in [5, 5.41) is 0. The van der Waals surface area contributed by atoms with Gasteiger partial charge in [0.15, 0.2) is 0 Å². The van der Waals surface area contributed by atoms with Gasteiger partial charge in [0, 0.05) is 5.57 Å². The first-order valence-electron chi connectivity index (χ1n) is 3.30. The van der Waals surface area contributed by atoms with Crippen LogP contribution in [0.25, 0.3) is 0 Å². The summed E-state index contributed by atoms with van der Waals surface area (Å²) in [6, 6.07) is 0. The number of carbonyl (C=O) groups excluding carboxylic acids is 2. The zero-order valence-electron chi connectivity index (χ0n) is 7.19. The first kappa shape index (κ1) is 11.5. The van der Waals surface area contributed by atoms with Crippen molar-refractivity contribution in [3.63, 3.8) is 0 Å². The van der Waals surface area contributed by atoms with Gasteiger partial charge >= 0.3 is 11.9 Å². The van der Waals surface area contributed by atoms with Gasteiger partial charge in [-0.1, -0.05) is 6.58 Å². The number of rotatable bonds is 2. The van der Waals surface area contributed by atoms with E-state index in [2.05, 4.69) is 11.3 Å². The molecule has 0 saturated carbocycles. The SMILES string of the molecule is C=C(C)C(=O)OC(=O)C(C)=C(F)F. The molecule has 0 spiro atoms.